The number of nitrogens with zero attached hydrogens (tertiary/aromatic N) is 1. The zero-order valence-electron chi connectivity index (χ0n) is 18.4. The quantitative estimate of drug-likeness (QED) is 0.513. The van der Waals surface area contributed by atoms with Crippen molar-refractivity contribution in [1.29, 1.82) is 0 Å². The summed E-state index contributed by atoms with van der Waals surface area (Å²) in [5.41, 5.74) is 0.633. The number of rotatable bonds is 9. The number of anilines is 1. The minimum atomic E-state index is -3.78. The van der Waals surface area contributed by atoms with Crippen LogP contribution in [-0.2, 0) is 10.0 Å². The lowest BCUT2D eigenvalue weighted by atomic mass is 10.2. The fourth-order valence-corrected chi connectivity index (χ4v) is 5.48. The van der Waals surface area contributed by atoms with Gasteiger partial charge in [0.2, 0.25) is 10.0 Å². The fraction of sp³-hybridized carbons (Fsp3) is 0.435. The zero-order chi connectivity index (χ0) is 23.1. The second kappa shape index (κ2) is 11.0. The van der Waals surface area contributed by atoms with Crippen molar-refractivity contribution >= 4 is 33.2 Å². The second-order valence-corrected chi connectivity index (χ2v) is 9.94. The van der Waals surface area contributed by atoms with Gasteiger partial charge < -0.3 is 14.8 Å². The molecule has 0 bridgehead atoms. The molecule has 32 heavy (non-hydrogen) atoms. The van der Waals surface area contributed by atoms with Crippen LogP contribution in [0.15, 0.2) is 41.3 Å². The Morgan fingerprint density at radius 2 is 1.88 bits per heavy atom. The minimum Gasteiger partial charge on any atom is -0.497 e. The van der Waals surface area contributed by atoms with Crippen LogP contribution in [0.25, 0.3) is 0 Å². The number of hydrogen-bond acceptors (Lipinski definition) is 5. The monoisotopic (exact) mass is 480 g/mol. The molecule has 174 valence electrons. The van der Waals surface area contributed by atoms with Crippen LogP contribution in [0.5, 0.6) is 11.5 Å². The first-order valence-corrected chi connectivity index (χ1v) is 12.6. The van der Waals surface area contributed by atoms with E-state index in [-0.39, 0.29) is 15.5 Å². The molecular weight excluding hydrogens is 452 g/mol. The van der Waals surface area contributed by atoms with Gasteiger partial charge in [0.05, 0.1) is 24.4 Å². The van der Waals surface area contributed by atoms with Crippen LogP contribution in [0.1, 0.15) is 49.4 Å². The summed E-state index contributed by atoms with van der Waals surface area (Å²) in [7, 11) is -2.24. The topological polar surface area (TPSA) is 84.9 Å². The number of amides is 1. The van der Waals surface area contributed by atoms with Crippen molar-refractivity contribution < 1.29 is 22.7 Å². The smallest absolute Gasteiger partial charge is 0.255 e. The first-order valence-electron chi connectivity index (χ1n) is 10.8. The van der Waals surface area contributed by atoms with Gasteiger partial charge in [-0.3, -0.25) is 4.79 Å². The van der Waals surface area contributed by atoms with Crippen LogP contribution in [0, 0.1) is 0 Å². The number of benzene rings is 2. The van der Waals surface area contributed by atoms with Gasteiger partial charge in [0.25, 0.3) is 5.91 Å². The lowest BCUT2D eigenvalue weighted by Crippen LogP contribution is -2.35. The Kier molecular flexibility index (Phi) is 8.39. The first kappa shape index (κ1) is 24.4. The Labute approximate surface area is 194 Å². The Morgan fingerprint density at radius 3 is 2.56 bits per heavy atom. The summed E-state index contributed by atoms with van der Waals surface area (Å²) in [5, 5.41) is 2.91. The van der Waals surface area contributed by atoms with Crippen LogP contribution in [0.3, 0.4) is 0 Å². The number of sulfonamides is 1. The summed E-state index contributed by atoms with van der Waals surface area (Å²) in [6, 6.07) is 9.43. The van der Waals surface area contributed by atoms with E-state index in [1.54, 1.807) is 18.2 Å². The molecule has 1 aliphatic rings. The van der Waals surface area contributed by atoms with Crippen molar-refractivity contribution in [3.63, 3.8) is 0 Å². The molecule has 2 aromatic carbocycles. The molecular formula is C23H29ClN2O5S. The molecule has 1 fully saturated rings. The number of ether oxygens (including phenoxy) is 2. The van der Waals surface area contributed by atoms with Crippen molar-refractivity contribution in [1.82, 2.24) is 4.31 Å². The molecule has 0 aliphatic carbocycles. The fourth-order valence-electron chi connectivity index (χ4n) is 3.47. The van der Waals surface area contributed by atoms with Gasteiger partial charge in [0.15, 0.2) is 0 Å². The molecule has 7 nitrogen and oxygen atoms in total. The number of piperidine rings is 1. The molecule has 1 amide bonds. The molecule has 1 N–H and O–H groups in total. The number of methoxy groups -OCH3 is 1. The van der Waals surface area contributed by atoms with Crippen molar-refractivity contribution in [3.8, 4) is 11.5 Å². The van der Waals surface area contributed by atoms with Gasteiger partial charge in [-0.1, -0.05) is 31.4 Å². The summed E-state index contributed by atoms with van der Waals surface area (Å²) in [6.07, 6.45) is 4.50. The Morgan fingerprint density at radius 1 is 1.12 bits per heavy atom. The normalized spacial score (nSPS) is 14.7. The molecule has 0 aromatic heterocycles. The largest absolute Gasteiger partial charge is 0.497 e. The average molecular weight is 481 g/mol. The van der Waals surface area contributed by atoms with Crippen LogP contribution in [0.2, 0.25) is 5.02 Å². The minimum absolute atomic E-state index is 0.0567. The molecule has 1 saturated heterocycles. The van der Waals surface area contributed by atoms with E-state index in [4.69, 9.17) is 21.1 Å². The highest BCUT2D eigenvalue weighted by Crippen LogP contribution is 2.31. The van der Waals surface area contributed by atoms with Gasteiger partial charge in [0, 0.05) is 24.7 Å². The zero-order valence-corrected chi connectivity index (χ0v) is 20.0. The van der Waals surface area contributed by atoms with Gasteiger partial charge in [-0.2, -0.15) is 4.31 Å². The third-order valence-electron chi connectivity index (χ3n) is 5.32. The van der Waals surface area contributed by atoms with Crippen LogP contribution < -0.4 is 14.8 Å². The average Bonchev–Trinajstić information content (AvgIpc) is 2.80. The van der Waals surface area contributed by atoms with E-state index in [1.807, 2.05) is 0 Å². The predicted molar refractivity (Wildman–Crippen MR) is 125 cm³/mol. The van der Waals surface area contributed by atoms with E-state index < -0.39 is 15.9 Å². The maximum Gasteiger partial charge on any atom is 0.255 e. The highest BCUT2D eigenvalue weighted by molar-refractivity contribution is 7.89. The van der Waals surface area contributed by atoms with E-state index in [0.29, 0.717) is 36.9 Å². The molecule has 1 aliphatic heterocycles. The van der Waals surface area contributed by atoms with E-state index in [0.717, 1.165) is 32.1 Å². The number of unbranched alkanes of at least 4 members (excludes halogenated alkanes) is 1. The molecule has 0 saturated carbocycles. The van der Waals surface area contributed by atoms with E-state index in [2.05, 4.69) is 12.2 Å². The number of halogens is 1. The number of carbonyl (C=O) groups is 1. The molecule has 0 radical (unpaired) electrons. The third-order valence-corrected chi connectivity index (χ3v) is 7.70. The Hall–Kier alpha value is -2.29. The molecule has 0 atom stereocenters. The van der Waals surface area contributed by atoms with Gasteiger partial charge in [-0.25, -0.2) is 8.42 Å². The van der Waals surface area contributed by atoms with E-state index in [1.165, 1.54) is 29.6 Å². The van der Waals surface area contributed by atoms with E-state index in [9.17, 15) is 13.2 Å². The standard InChI is InChI=1S/C23H29ClN2O5S/c1-3-4-14-31-21-11-9-18(30-2)16-20(21)25-23(27)17-8-10-19(24)22(15-17)32(28,29)26-12-6-5-7-13-26/h8-11,15-16H,3-7,12-14H2,1-2H3,(H,25,27). The Balaban J connectivity index is 1.86. The van der Waals surface area contributed by atoms with Crippen molar-refractivity contribution in [2.45, 2.75) is 43.9 Å². The maximum absolute atomic E-state index is 13.1. The van der Waals surface area contributed by atoms with Crippen LogP contribution >= 0.6 is 11.6 Å². The van der Waals surface area contributed by atoms with Gasteiger partial charge in [-0.15, -0.1) is 0 Å². The number of hydrogen-bond donors (Lipinski definition) is 1. The maximum atomic E-state index is 13.1. The SMILES string of the molecule is CCCCOc1ccc(OC)cc1NC(=O)c1ccc(Cl)c(S(=O)(=O)N2CCCCC2)c1. The highest BCUT2D eigenvalue weighted by Gasteiger charge is 2.29. The first-order chi connectivity index (χ1) is 15.4. The molecule has 0 spiro atoms. The molecule has 0 unspecified atom stereocenters. The molecule has 3 rings (SSSR count). The lowest BCUT2D eigenvalue weighted by Gasteiger charge is -2.26. The lowest BCUT2D eigenvalue weighted by molar-refractivity contribution is 0.102. The molecule has 2 aromatic rings. The van der Waals surface area contributed by atoms with Gasteiger partial charge in [-0.05, 0) is 49.6 Å². The summed E-state index contributed by atoms with van der Waals surface area (Å²) in [6.45, 7) is 3.50. The van der Waals surface area contributed by atoms with Crippen LogP contribution in [-0.4, -0.2) is 45.4 Å². The van der Waals surface area contributed by atoms with E-state index >= 15 is 0 Å². The Bertz CT molecular complexity index is 1050. The summed E-state index contributed by atoms with van der Waals surface area (Å²) >= 11 is 6.23. The highest BCUT2D eigenvalue weighted by atomic mass is 35.5. The molecule has 1 heterocycles. The predicted octanol–water partition coefficient (Wildman–Crippen LogP) is 4.95. The number of carbonyl (C=O) groups excluding carboxylic acids is 1. The van der Waals surface area contributed by atoms with Crippen LogP contribution in [0.4, 0.5) is 5.69 Å². The number of nitrogens with one attached hydrogen (secondary N) is 1. The van der Waals surface area contributed by atoms with Crippen molar-refractivity contribution in [2.75, 3.05) is 32.1 Å². The summed E-state index contributed by atoms with van der Waals surface area (Å²) in [5.74, 6) is 0.612. The third kappa shape index (κ3) is 5.74. The van der Waals surface area contributed by atoms with Crippen molar-refractivity contribution in [2.24, 2.45) is 0 Å². The molecule has 9 heteroatoms. The van der Waals surface area contributed by atoms with Crippen molar-refractivity contribution in [3.05, 3.63) is 47.0 Å². The van der Waals surface area contributed by atoms with Gasteiger partial charge >= 0.3 is 0 Å². The summed E-state index contributed by atoms with van der Waals surface area (Å²) < 4.78 is 38.7. The second-order valence-electron chi connectivity index (χ2n) is 7.63. The summed E-state index contributed by atoms with van der Waals surface area (Å²) in [4.78, 5) is 12.9. The van der Waals surface area contributed by atoms with Gasteiger partial charge in [0.1, 0.15) is 16.4 Å².